The summed E-state index contributed by atoms with van der Waals surface area (Å²) in [6.07, 6.45) is 1.54. The molecule has 17 heavy (non-hydrogen) atoms. The Morgan fingerprint density at radius 1 is 1.53 bits per heavy atom. The van der Waals surface area contributed by atoms with Crippen molar-refractivity contribution in [2.24, 2.45) is 11.7 Å². The topological polar surface area (TPSA) is 55.1 Å². The molecule has 4 heteroatoms. The predicted molar refractivity (Wildman–Crippen MR) is 63.7 cm³/mol. The first-order chi connectivity index (χ1) is 8.06. The molecule has 3 nitrogen and oxygen atoms in total. The lowest BCUT2D eigenvalue weighted by molar-refractivity contribution is -0.128. The second-order valence-corrected chi connectivity index (χ2v) is 4.73. The van der Waals surface area contributed by atoms with Gasteiger partial charge in [0.1, 0.15) is 5.82 Å². The van der Waals surface area contributed by atoms with Crippen molar-refractivity contribution in [3.63, 3.8) is 0 Å². The van der Waals surface area contributed by atoms with Gasteiger partial charge in [0.05, 0.1) is 0 Å². The molecular weight excluding hydrogens is 219 g/mol. The van der Waals surface area contributed by atoms with Crippen LogP contribution in [-0.2, 0) is 11.3 Å². The highest BCUT2D eigenvalue weighted by atomic mass is 19.1. The molecule has 3 N–H and O–H groups in total. The molecule has 2 rings (SSSR count). The summed E-state index contributed by atoms with van der Waals surface area (Å²) in [7, 11) is 0. The molecule has 0 radical (unpaired) electrons. The molecular formula is C13H17FN2O. The van der Waals surface area contributed by atoms with Gasteiger partial charge in [-0.05, 0) is 37.0 Å². The van der Waals surface area contributed by atoms with Gasteiger partial charge < -0.3 is 11.1 Å². The molecule has 1 saturated carbocycles. The Kier molecular flexibility index (Phi) is 3.43. The molecule has 0 atom stereocenters. The van der Waals surface area contributed by atoms with Gasteiger partial charge in [-0.2, -0.15) is 0 Å². The monoisotopic (exact) mass is 236 g/mol. The van der Waals surface area contributed by atoms with E-state index in [1.807, 2.05) is 0 Å². The molecule has 0 saturated heterocycles. The average Bonchev–Trinajstić information content (AvgIpc) is 2.26. The lowest BCUT2D eigenvalue weighted by Gasteiger charge is -2.31. The Hall–Kier alpha value is -1.42. The van der Waals surface area contributed by atoms with Gasteiger partial charge in [-0.25, -0.2) is 4.39 Å². The van der Waals surface area contributed by atoms with E-state index in [0.29, 0.717) is 12.1 Å². The second-order valence-electron chi connectivity index (χ2n) is 4.73. The van der Waals surface area contributed by atoms with E-state index < -0.39 is 0 Å². The summed E-state index contributed by atoms with van der Waals surface area (Å²) in [4.78, 5) is 11.7. The second kappa shape index (κ2) is 4.84. The smallest absolute Gasteiger partial charge is 0.223 e. The van der Waals surface area contributed by atoms with Crippen molar-refractivity contribution in [1.82, 2.24) is 5.32 Å². The summed E-state index contributed by atoms with van der Waals surface area (Å²) in [6.45, 7) is 2.16. The molecule has 92 valence electrons. The van der Waals surface area contributed by atoms with E-state index in [0.717, 1.165) is 18.4 Å². The highest BCUT2D eigenvalue weighted by molar-refractivity contribution is 5.79. The SMILES string of the molecule is Cc1cc(CNC(=O)C2CC(N)C2)ccc1F. The largest absolute Gasteiger partial charge is 0.352 e. The number of carbonyl (C=O) groups is 1. The number of nitrogens with one attached hydrogen (secondary N) is 1. The van der Waals surface area contributed by atoms with E-state index in [4.69, 9.17) is 5.73 Å². The number of amides is 1. The van der Waals surface area contributed by atoms with Gasteiger partial charge in [0.25, 0.3) is 0 Å². The van der Waals surface area contributed by atoms with Gasteiger partial charge in [0.2, 0.25) is 5.91 Å². The van der Waals surface area contributed by atoms with Crippen LogP contribution in [0.1, 0.15) is 24.0 Å². The van der Waals surface area contributed by atoms with Gasteiger partial charge in [-0.3, -0.25) is 4.79 Å². The predicted octanol–water partition coefficient (Wildman–Crippen LogP) is 1.49. The minimum Gasteiger partial charge on any atom is -0.352 e. The number of hydrogen-bond donors (Lipinski definition) is 2. The molecule has 1 aromatic rings. The standard InChI is InChI=1S/C13H17FN2O/c1-8-4-9(2-3-12(8)14)7-16-13(17)10-5-11(15)6-10/h2-4,10-11H,5-7,15H2,1H3,(H,16,17). The first-order valence-electron chi connectivity index (χ1n) is 5.84. The zero-order valence-electron chi connectivity index (χ0n) is 9.87. The molecule has 0 unspecified atom stereocenters. The van der Waals surface area contributed by atoms with Crippen LogP contribution in [0.3, 0.4) is 0 Å². The Bertz CT molecular complexity index is 427. The zero-order valence-corrected chi connectivity index (χ0v) is 9.87. The number of rotatable bonds is 3. The fourth-order valence-electron chi connectivity index (χ4n) is 2.03. The maximum absolute atomic E-state index is 13.0. The first kappa shape index (κ1) is 12.0. The maximum Gasteiger partial charge on any atom is 0.223 e. The molecule has 0 spiro atoms. The van der Waals surface area contributed by atoms with Crippen LogP contribution in [-0.4, -0.2) is 11.9 Å². The molecule has 1 aliphatic carbocycles. The minimum atomic E-state index is -0.218. The van der Waals surface area contributed by atoms with Crippen LogP contribution in [0.2, 0.25) is 0 Å². The van der Waals surface area contributed by atoms with Crippen molar-refractivity contribution < 1.29 is 9.18 Å². The molecule has 1 aromatic carbocycles. The summed E-state index contributed by atoms with van der Waals surface area (Å²) >= 11 is 0. The van der Waals surface area contributed by atoms with Crippen molar-refractivity contribution in [1.29, 1.82) is 0 Å². The number of nitrogens with two attached hydrogens (primary N) is 1. The number of halogens is 1. The van der Waals surface area contributed by atoms with Crippen LogP contribution in [0.4, 0.5) is 4.39 Å². The number of carbonyl (C=O) groups excluding carboxylic acids is 1. The molecule has 1 aliphatic rings. The van der Waals surface area contributed by atoms with Crippen molar-refractivity contribution >= 4 is 5.91 Å². The van der Waals surface area contributed by atoms with Crippen LogP contribution < -0.4 is 11.1 Å². The fourth-order valence-corrected chi connectivity index (χ4v) is 2.03. The molecule has 1 amide bonds. The van der Waals surface area contributed by atoms with Crippen LogP contribution >= 0.6 is 0 Å². The van der Waals surface area contributed by atoms with Crippen molar-refractivity contribution in [3.05, 3.63) is 35.1 Å². The number of aryl methyl sites for hydroxylation is 1. The maximum atomic E-state index is 13.0. The van der Waals surface area contributed by atoms with E-state index in [1.165, 1.54) is 6.07 Å². The quantitative estimate of drug-likeness (QED) is 0.835. The van der Waals surface area contributed by atoms with Crippen molar-refractivity contribution in [2.75, 3.05) is 0 Å². The average molecular weight is 236 g/mol. The van der Waals surface area contributed by atoms with E-state index in [1.54, 1.807) is 19.1 Å². The van der Waals surface area contributed by atoms with E-state index in [-0.39, 0.29) is 23.7 Å². The third-order valence-electron chi connectivity index (χ3n) is 3.23. The molecule has 1 fully saturated rings. The lowest BCUT2D eigenvalue weighted by atomic mass is 9.80. The first-order valence-corrected chi connectivity index (χ1v) is 5.84. The van der Waals surface area contributed by atoms with Gasteiger partial charge >= 0.3 is 0 Å². The van der Waals surface area contributed by atoms with E-state index in [2.05, 4.69) is 5.32 Å². The Morgan fingerprint density at radius 2 is 2.24 bits per heavy atom. The van der Waals surface area contributed by atoms with Gasteiger partial charge in [0.15, 0.2) is 0 Å². The summed E-state index contributed by atoms with van der Waals surface area (Å²) in [5.74, 6) is -0.106. The molecule has 0 bridgehead atoms. The molecule has 0 heterocycles. The zero-order chi connectivity index (χ0) is 12.4. The third kappa shape index (κ3) is 2.82. The van der Waals surface area contributed by atoms with Gasteiger partial charge in [-0.15, -0.1) is 0 Å². The van der Waals surface area contributed by atoms with Crippen LogP contribution in [0.15, 0.2) is 18.2 Å². The summed E-state index contributed by atoms with van der Waals surface area (Å²) in [6, 6.07) is 5.05. The van der Waals surface area contributed by atoms with Gasteiger partial charge in [0, 0.05) is 18.5 Å². The number of hydrogen-bond acceptors (Lipinski definition) is 2. The van der Waals surface area contributed by atoms with Gasteiger partial charge in [-0.1, -0.05) is 12.1 Å². The Morgan fingerprint density at radius 3 is 2.82 bits per heavy atom. The Balaban J connectivity index is 1.85. The normalized spacial score (nSPS) is 23.0. The minimum absolute atomic E-state index is 0.0497. The van der Waals surface area contributed by atoms with E-state index >= 15 is 0 Å². The van der Waals surface area contributed by atoms with Crippen LogP contribution in [0, 0.1) is 18.7 Å². The van der Waals surface area contributed by atoms with Crippen LogP contribution in [0.25, 0.3) is 0 Å². The fraction of sp³-hybridized carbons (Fsp3) is 0.462. The highest BCUT2D eigenvalue weighted by Crippen LogP contribution is 2.25. The molecule has 0 aromatic heterocycles. The molecule has 0 aliphatic heterocycles. The number of benzene rings is 1. The third-order valence-corrected chi connectivity index (χ3v) is 3.23. The van der Waals surface area contributed by atoms with Crippen LogP contribution in [0.5, 0.6) is 0 Å². The highest BCUT2D eigenvalue weighted by Gasteiger charge is 2.31. The lowest BCUT2D eigenvalue weighted by Crippen LogP contribution is -2.44. The van der Waals surface area contributed by atoms with Crippen molar-refractivity contribution in [3.8, 4) is 0 Å². The van der Waals surface area contributed by atoms with E-state index in [9.17, 15) is 9.18 Å². The summed E-state index contributed by atoms with van der Waals surface area (Å²) in [5, 5.41) is 2.85. The summed E-state index contributed by atoms with van der Waals surface area (Å²) < 4.78 is 13.0. The Labute approximate surface area is 100 Å². The summed E-state index contributed by atoms with van der Waals surface area (Å²) in [5.41, 5.74) is 7.15. The van der Waals surface area contributed by atoms with Crippen molar-refractivity contribution in [2.45, 2.75) is 32.4 Å².